The Bertz CT molecular complexity index is 1930. The number of hydrogen-bond donors (Lipinski definition) is 3. The van der Waals surface area contributed by atoms with E-state index in [-0.39, 0.29) is 38.8 Å². The van der Waals surface area contributed by atoms with Crippen LogP contribution in [0, 0.1) is 12.7 Å². The highest BCUT2D eigenvalue weighted by Crippen LogP contribution is 2.31. The fourth-order valence-electron chi connectivity index (χ4n) is 4.93. The first kappa shape index (κ1) is 35.2. The van der Waals surface area contributed by atoms with Gasteiger partial charge in [-0.2, -0.15) is 10.2 Å². The Kier molecular flexibility index (Phi) is 11.4. The Morgan fingerprint density at radius 1 is 1.06 bits per heavy atom. The normalized spacial score (nSPS) is 11.4. The molecule has 0 unspecified atom stereocenters. The second-order valence-electron chi connectivity index (χ2n) is 11.5. The molecular formula is C33H39FN6O6S. The van der Waals surface area contributed by atoms with Crippen molar-refractivity contribution in [3.05, 3.63) is 104 Å². The first-order chi connectivity index (χ1) is 22.4. The maximum Gasteiger partial charge on any atom is 0.333 e. The van der Waals surface area contributed by atoms with Crippen molar-refractivity contribution in [2.45, 2.75) is 65.8 Å². The number of aromatic nitrogens is 5. The van der Waals surface area contributed by atoms with Gasteiger partial charge >= 0.3 is 5.69 Å². The maximum absolute atomic E-state index is 14.4. The monoisotopic (exact) mass is 666 g/mol. The minimum absolute atomic E-state index is 0.0918. The Labute approximate surface area is 274 Å². The minimum Gasteiger partial charge on any atom is -0.489 e. The predicted molar refractivity (Wildman–Crippen MR) is 178 cm³/mol. The molecule has 0 aliphatic carbocycles. The van der Waals surface area contributed by atoms with Crippen molar-refractivity contribution in [3.63, 3.8) is 0 Å². The molecule has 0 saturated heterocycles. The van der Waals surface area contributed by atoms with Gasteiger partial charge in [-0.1, -0.05) is 41.7 Å². The third kappa shape index (κ3) is 7.84. The van der Waals surface area contributed by atoms with Crippen LogP contribution in [0.25, 0.3) is 15.2 Å². The van der Waals surface area contributed by atoms with Crippen molar-refractivity contribution in [3.8, 4) is 10.8 Å². The Morgan fingerprint density at radius 3 is 2.34 bits per heavy atom. The van der Waals surface area contributed by atoms with Crippen LogP contribution in [-0.4, -0.2) is 59.5 Å². The molecule has 0 bridgehead atoms. The quantitative estimate of drug-likeness (QED) is 0.194. The third-order valence-corrected chi connectivity index (χ3v) is 8.57. The number of aryl methyl sites for hydroxylation is 3. The van der Waals surface area contributed by atoms with E-state index in [4.69, 9.17) is 14.9 Å². The largest absolute Gasteiger partial charge is 0.489 e. The number of nitrogens with one attached hydrogen (secondary N) is 1. The van der Waals surface area contributed by atoms with Crippen LogP contribution >= 0.6 is 11.3 Å². The summed E-state index contributed by atoms with van der Waals surface area (Å²) in [4.78, 5) is 43.2. The van der Waals surface area contributed by atoms with Crippen molar-refractivity contribution in [1.82, 2.24) is 29.4 Å². The SMILES string of the molecule is Cc1c(-n2nccn2)sc2c1c(=O)n(C(C)(C)C(=O)NC(C)C)c(=O)n2CCc1cc(F)ccc1OCc1ccccc1.OCCO. The van der Waals surface area contributed by atoms with E-state index in [2.05, 4.69) is 15.5 Å². The molecular weight excluding hydrogens is 627 g/mol. The summed E-state index contributed by atoms with van der Waals surface area (Å²) < 4.78 is 22.9. The van der Waals surface area contributed by atoms with Gasteiger partial charge in [0.05, 0.1) is 31.0 Å². The molecule has 0 radical (unpaired) electrons. The van der Waals surface area contributed by atoms with Crippen LogP contribution in [0.15, 0.2) is 70.5 Å². The van der Waals surface area contributed by atoms with E-state index < -0.39 is 28.5 Å². The van der Waals surface area contributed by atoms with E-state index in [1.165, 1.54) is 45.2 Å². The summed E-state index contributed by atoms with van der Waals surface area (Å²) >= 11 is 1.21. The number of thiophene rings is 1. The number of benzene rings is 2. The second kappa shape index (κ2) is 15.3. The first-order valence-corrected chi connectivity index (χ1v) is 15.9. The number of carbonyl (C=O) groups excluding carboxylic acids is 1. The summed E-state index contributed by atoms with van der Waals surface area (Å²) in [5.41, 5.74) is -0.626. The summed E-state index contributed by atoms with van der Waals surface area (Å²) in [6.45, 7) is 8.60. The Hall–Kier alpha value is -4.66. The zero-order valence-corrected chi connectivity index (χ0v) is 27.8. The van der Waals surface area contributed by atoms with Gasteiger partial charge in [0.15, 0.2) is 0 Å². The van der Waals surface area contributed by atoms with Gasteiger partial charge in [-0.25, -0.2) is 13.8 Å². The number of rotatable bonds is 11. The number of nitrogens with zero attached hydrogens (tertiary/aromatic N) is 5. The van der Waals surface area contributed by atoms with Crippen LogP contribution in [-0.2, 0) is 29.9 Å². The molecule has 250 valence electrons. The molecule has 0 fully saturated rings. The predicted octanol–water partition coefficient (Wildman–Crippen LogP) is 3.31. The average Bonchev–Trinajstić information content (AvgIpc) is 3.69. The standard InChI is InChI=1S/C31H33FN6O4S.C2H6O2/c1-19(2)35-29(40)31(4,5)37-26(39)25-20(3)27(38-33-14-15-34-38)43-28(25)36(30(37)41)16-13-22-17-23(32)11-12-24(22)42-18-21-9-7-6-8-10-21;3-1-2-4/h6-12,14-15,17,19H,13,16,18H2,1-5H3,(H,35,40);3-4H,1-2H2. The summed E-state index contributed by atoms with van der Waals surface area (Å²) in [5.74, 6) is -0.408. The van der Waals surface area contributed by atoms with Crippen molar-refractivity contribution >= 4 is 27.5 Å². The van der Waals surface area contributed by atoms with Crippen molar-refractivity contribution < 1.29 is 24.1 Å². The lowest BCUT2D eigenvalue weighted by Gasteiger charge is -2.27. The molecule has 47 heavy (non-hydrogen) atoms. The summed E-state index contributed by atoms with van der Waals surface area (Å²) in [7, 11) is 0. The summed E-state index contributed by atoms with van der Waals surface area (Å²) in [6, 6.07) is 13.7. The van der Waals surface area contributed by atoms with Crippen LogP contribution < -0.4 is 21.3 Å². The van der Waals surface area contributed by atoms with Crippen molar-refractivity contribution in [1.29, 1.82) is 0 Å². The van der Waals surface area contributed by atoms with Crippen LogP contribution in [0.5, 0.6) is 5.75 Å². The number of aliphatic hydroxyl groups excluding tert-OH is 2. The van der Waals surface area contributed by atoms with E-state index in [0.29, 0.717) is 32.1 Å². The number of halogens is 1. The van der Waals surface area contributed by atoms with Crippen LogP contribution in [0.3, 0.4) is 0 Å². The molecule has 1 amide bonds. The molecule has 0 spiro atoms. The topological polar surface area (TPSA) is 154 Å². The lowest BCUT2D eigenvalue weighted by Crippen LogP contribution is -2.56. The van der Waals surface area contributed by atoms with Gasteiger partial charge in [0, 0.05) is 18.2 Å². The number of hydrogen-bond acceptors (Lipinski definition) is 9. The van der Waals surface area contributed by atoms with Gasteiger partial charge in [0.1, 0.15) is 33.5 Å². The highest BCUT2D eigenvalue weighted by atomic mass is 32.1. The molecule has 2 aromatic carbocycles. The zero-order valence-electron chi connectivity index (χ0n) is 26.9. The summed E-state index contributed by atoms with van der Waals surface area (Å²) in [5, 5.41) is 27.4. The van der Waals surface area contributed by atoms with Gasteiger partial charge < -0.3 is 20.3 Å². The van der Waals surface area contributed by atoms with Gasteiger partial charge in [-0.3, -0.25) is 14.2 Å². The van der Waals surface area contributed by atoms with Crippen LogP contribution in [0.2, 0.25) is 0 Å². The lowest BCUT2D eigenvalue weighted by molar-refractivity contribution is -0.129. The van der Waals surface area contributed by atoms with Gasteiger partial charge in [0.2, 0.25) is 5.91 Å². The van der Waals surface area contributed by atoms with E-state index in [1.807, 2.05) is 30.3 Å². The number of carbonyl (C=O) groups is 1. The molecule has 5 rings (SSSR count). The molecule has 3 N–H and O–H groups in total. The van der Waals surface area contributed by atoms with Gasteiger partial charge in [0.25, 0.3) is 5.56 Å². The number of ether oxygens (including phenoxy) is 1. The van der Waals surface area contributed by atoms with E-state index in [9.17, 15) is 18.8 Å². The maximum atomic E-state index is 14.4. The van der Waals surface area contributed by atoms with Crippen molar-refractivity contribution in [2.24, 2.45) is 0 Å². The second-order valence-corrected chi connectivity index (χ2v) is 12.5. The van der Waals surface area contributed by atoms with Crippen LogP contribution in [0.4, 0.5) is 4.39 Å². The minimum atomic E-state index is -1.50. The molecule has 0 aliphatic heterocycles. The smallest absolute Gasteiger partial charge is 0.333 e. The lowest BCUT2D eigenvalue weighted by atomic mass is 10.0. The molecule has 0 aliphatic rings. The van der Waals surface area contributed by atoms with Gasteiger partial charge in [-0.15, -0.1) is 4.80 Å². The zero-order chi connectivity index (χ0) is 34.3. The van der Waals surface area contributed by atoms with E-state index >= 15 is 0 Å². The molecule has 5 aromatic rings. The third-order valence-electron chi connectivity index (χ3n) is 7.29. The fourth-order valence-corrected chi connectivity index (χ4v) is 6.16. The molecule has 12 nitrogen and oxygen atoms in total. The Morgan fingerprint density at radius 2 is 1.72 bits per heavy atom. The molecule has 0 saturated carbocycles. The van der Waals surface area contributed by atoms with Gasteiger partial charge in [-0.05, 0) is 70.4 Å². The van der Waals surface area contributed by atoms with Crippen LogP contribution in [0.1, 0.15) is 44.4 Å². The number of aliphatic hydroxyl groups is 2. The average molecular weight is 667 g/mol. The molecule has 0 atom stereocenters. The highest BCUT2D eigenvalue weighted by Gasteiger charge is 2.35. The number of fused-ring (bicyclic) bond motifs is 1. The molecule has 3 aromatic heterocycles. The van der Waals surface area contributed by atoms with E-state index in [1.54, 1.807) is 40.7 Å². The highest BCUT2D eigenvalue weighted by molar-refractivity contribution is 7.21. The fraction of sp³-hybridized carbons (Fsp3) is 0.364. The summed E-state index contributed by atoms with van der Waals surface area (Å²) in [6.07, 6.45) is 3.27. The molecule has 3 heterocycles. The Balaban J connectivity index is 0.00000118. The number of amides is 1. The van der Waals surface area contributed by atoms with E-state index in [0.717, 1.165) is 10.1 Å². The molecule has 14 heteroatoms. The van der Waals surface area contributed by atoms with Crippen molar-refractivity contribution in [2.75, 3.05) is 13.2 Å². The first-order valence-electron chi connectivity index (χ1n) is 15.0.